The lowest BCUT2D eigenvalue weighted by Gasteiger charge is -2.39. The second kappa shape index (κ2) is 11.1. The molecule has 1 aliphatic rings. The summed E-state index contributed by atoms with van der Waals surface area (Å²) < 4.78 is 7.24. The average Bonchev–Trinajstić information content (AvgIpc) is 3.21. The third kappa shape index (κ3) is 6.55. The Morgan fingerprint density at radius 2 is 1.71 bits per heavy atom. The predicted molar refractivity (Wildman–Crippen MR) is 136 cm³/mol. The van der Waals surface area contributed by atoms with Gasteiger partial charge in [0, 0.05) is 38.0 Å². The van der Waals surface area contributed by atoms with Crippen LogP contribution in [0.2, 0.25) is 0 Å². The van der Waals surface area contributed by atoms with E-state index < -0.39 is 29.5 Å². The Morgan fingerprint density at radius 1 is 1.11 bits per heavy atom. The fourth-order valence-corrected chi connectivity index (χ4v) is 3.90. The monoisotopic (exact) mass is 502 g/mol. The number of nitrogens with one attached hydrogen (secondary N) is 1. The molecule has 190 valence electrons. The van der Waals surface area contributed by atoms with Gasteiger partial charge in [-0.25, -0.2) is 9.48 Å². The minimum Gasteiger partial charge on any atom is -0.391 e. The topological polar surface area (TPSA) is 123 Å². The molecule has 2 aromatic rings. The first-order valence-corrected chi connectivity index (χ1v) is 12.2. The van der Waals surface area contributed by atoms with E-state index in [1.54, 1.807) is 20.5 Å². The van der Waals surface area contributed by atoms with E-state index in [4.69, 9.17) is 10.5 Å². The van der Waals surface area contributed by atoms with Crippen LogP contribution in [0.25, 0.3) is 5.69 Å². The summed E-state index contributed by atoms with van der Waals surface area (Å²) in [7, 11) is 0. The van der Waals surface area contributed by atoms with Crippen molar-refractivity contribution in [1.29, 1.82) is 0 Å². The van der Waals surface area contributed by atoms with Crippen molar-refractivity contribution in [2.45, 2.75) is 39.8 Å². The maximum absolute atomic E-state index is 13.3. The van der Waals surface area contributed by atoms with Crippen LogP contribution in [0.15, 0.2) is 36.4 Å². The fraction of sp³-hybridized carbons (Fsp3) is 0.500. The number of aromatic nitrogens is 2. The summed E-state index contributed by atoms with van der Waals surface area (Å²) in [5.41, 5.74) is 6.76. The van der Waals surface area contributed by atoms with Gasteiger partial charge in [0.25, 0.3) is 0 Å². The van der Waals surface area contributed by atoms with Gasteiger partial charge in [0.2, 0.25) is 17.7 Å². The van der Waals surface area contributed by atoms with E-state index in [9.17, 15) is 14.4 Å². The summed E-state index contributed by atoms with van der Waals surface area (Å²) in [6.07, 6.45) is -0.505. The number of para-hydroxylation sites is 1. The van der Waals surface area contributed by atoms with Crippen molar-refractivity contribution in [3.63, 3.8) is 0 Å². The molecule has 0 radical (unpaired) electrons. The van der Waals surface area contributed by atoms with Gasteiger partial charge in [-0.2, -0.15) is 17.7 Å². The van der Waals surface area contributed by atoms with Gasteiger partial charge in [-0.3, -0.25) is 9.59 Å². The van der Waals surface area contributed by atoms with Crippen LogP contribution >= 0.6 is 12.6 Å². The number of piperazine rings is 1. The Morgan fingerprint density at radius 3 is 2.29 bits per heavy atom. The van der Waals surface area contributed by atoms with Crippen LogP contribution in [-0.4, -0.2) is 81.5 Å². The first-order valence-electron chi connectivity index (χ1n) is 11.6. The summed E-state index contributed by atoms with van der Waals surface area (Å²) in [4.78, 5) is 41.7. The second-order valence-corrected chi connectivity index (χ2v) is 10.0. The van der Waals surface area contributed by atoms with Crippen LogP contribution in [-0.2, 0) is 9.59 Å². The molecule has 0 unspecified atom stereocenters. The normalized spacial score (nSPS) is 15.9. The molecule has 0 aliphatic carbocycles. The Kier molecular flexibility index (Phi) is 8.44. The highest BCUT2D eigenvalue weighted by atomic mass is 32.1. The number of benzene rings is 1. The van der Waals surface area contributed by atoms with E-state index in [1.807, 2.05) is 58.0 Å². The van der Waals surface area contributed by atoms with Crippen molar-refractivity contribution in [1.82, 2.24) is 24.9 Å². The molecule has 0 spiro atoms. The largest absolute Gasteiger partial charge is 0.416 e. The third-order valence-electron chi connectivity index (χ3n) is 5.77. The highest BCUT2D eigenvalue weighted by Crippen LogP contribution is 2.23. The summed E-state index contributed by atoms with van der Waals surface area (Å²) in [5.74, 6) is -0.113. The van der Waals surface area contributed by atoms with Crippen molar-refractivity contribution in [3.8, 4) is 11.6 Å². The molecule has 1 saturated heterocycles. The number of hydrogen-bond donors (Lipinski definition) is 3. The molecule has 0 saturated carbocycles. The summed E-state index contributed by atoms with van der Waals surface area (Å²) in [6.45, 7) is 8.75. The Bertz CT molecular complexity index is 1040. The molecule has 3 rings (SSSR count). The van der Waals surface area contributed by atoms with Crippen LogP contribution in [0.5, 0.6) is 5.88 Å². The molecule has 3 amide bonds. The molecule has 1 aromatic heterocycles. The SMILES string of the molecule is Cc1cc(OC(=O)N2CCN(C(=O)[C@@H](NC(=O)[C@@H](N)CS)C(C)(C)C)CC2)n(-c2ccccc2)n1. The van der Waals surface area contributed by atoms with Gasteiger partial charge < -0.3 is 25.6 Å². The number of nitrogens with two attached hydrogens (primary N) is 1. The Balaban J connectivity index is 1.63. The maximum Gasteiger partial charge on any atom is 0.416 e. The molecule has 0 bridgehead atoms. The van der Waals surface area contributed by atoms with Gasteiger partial charge >= 0.3 is 6.09 Å². The molecule has 1 aromatic carbocycles. The summed E-state index contributed by atoms with van der Waals surface area (Å²) in [6, 6.07) is 9.58. The minimum atomic E-state index is -0.796. The predicted octanol–water partition coefficient (Wildman–Crippen LogP) is 1.61. The first-order chi connectivity index (χ1) is 16.5. The lowest BCUT2D eigenvalue weighted by atomic mass is 9.85. The highest BCUT2D eigenvalue weighted by Gasteiger charge is 2.38. The van der Waals surface area contributed by atoms with Crippen LogP contribution in [0, 0.1) is 12.3 Å². The second-order valence-electron chi connectivity index (χ2n) is 9.65. The lowest BCUT2D eigenvalue weighted by Crippen LogP contribution is -2.61. The molecule has 3 N–H and O–H groups in total. The molecule has 2 atom stereocenters. The molecular weight excluding hydrogens is 468 g/mol. The van der Waals surface area contributed by atoms with Crippen LogP contribution in [0.3, 0.4) is 0 Å². The van der Waals surface area contributed by atoms with Gasteiger partial charge in [0.05, 0.1) is 17.4 Å². The van der Waals surface area contributed by atoms with Gasteiger partial charge in [-0.1, -0.05) is 39.0 Å². The number of hydrogen-bond acceptors (Lipinski definition) is 7. The number of aryl methyl sites for hydroxylation is 1. The van der Waals surface area contributed by atoms with E-state index in [2.05, 4.69) is 23.0 Å². The Labute approximate surface area is 211 Å². The molecule has 1 aliphatic heterocycles. The number of nitrogens with zero attached hydrogens (tertiary/aromatic N) is 4. The number of amides is 3. The van der Waals surface area contributed by atoms with E-state index in [0.29, 0.717) is 32.1 Å². The zero-order chi connectivity index (χ0) is 25.8. The zero-order valence-corrected chi connectivity index (χ0v) is 21.5. The third-order valence-corrected chi connectivity index (χ3v) is 6.17. The van der Waals surface area contributed by atoms with Gasteiger partial charge in [-0.15, -0.1) is 0 Å². The number of ether oxygens (including phenoxy) is 1. The average molecular weight is 503 g/mol. The minimum absolute atomic E-state index is 0.181. The summed E-state index contributed by atoms with van der Waals surface area (Å²) >= 11 is 4.06. The molecule has 35 heavy (non-hydrogen) atoms. The molecule has 10 nitrogen and oxygen atoms in total. The Hall–Kier alpha value is -3.05. The van der Waals surface area contributed by atoms with E-state index in [1.165, 1.54) is 0 Å². The number of carbonyl (C=O) groups is 3. The smallest absolute Gasteiger partial charge is 0.391 e. The highest BCUT2D eigenvalue weighted by molar-refractivity contribution is 7.80. The zero-order valence-electron chi connectivity index (χ0n) is 20.6. The van der Waals surface area contributed by atoms with Crippen molar-refractivity contribution in [3.05, 3.63) is 42.1 Å². The van der Waals surface area contributed by atoms with Crippen LogP contribution < -0.4 is 15.8 Å². The van der Waals surface area contributed by atoms with Gasteiger partial charge in [-0.05, 0) is 24.5 Å². The standard InChI is InChI=1S/C24H34N6O4S/c1-16-14-19(30(27-16)17-8-6-5-7-9-17)34-23(33)29-12-10-28(11-13-29)22(32)20(24(2,3)4)26-21(31)18(25)15-35/h5-9,14,18,20,35H,10-13,15,25H2,1-4H3,(H,26,31)/t18-,20+/m0/s1. The number of thiol groups is 1. The molecule has 1 fully saturated rings. The van der Waals surface area contributed by atoms with E-state index in [-0.39, 0.29) is 11.7 Å². The van der Waals surface area contributed by atoms with Crippen molar-refractivity contribution in [2.24, 2.45) is 11.1 Å². The van der Waals surface area contributed by atoms with Crippen molar-refractivity contribution in [2.75, 3.05) is 31.9 Å². The molecule has 11 heteroatoms. The number of rotatable bonds is 6. The van der Waals surface area contributed by atoms with Crippen LogP contribution in [0.1, 0.15) is 26.5 Å². The first kappa shape index (κ1) is 26.6. The van der Waals surface area contributed by atoms with E-state index in [0.717, 1.165) is 11.4 Å². The molecule has 2 heterocycles. The summed E-state index contributed by atoms with van der Waals surface area (Å²) in [5, 5.41) is 7.20. The molecular formula is C24H34N6O4S. The van der Waals surface area contributed by atoms with Crippen molar-refractivity contribution < 1.29 is 19.1 Å². The van der Waals surface area contributed by atoms with E-state index >= 15 is 0 Å². The van der Waals surface area contributed by atoms with Gasteiger partial charge in [0.15, 0.2) is 0 Å². The van der Waals surface area contributed by atoms with Gasteiger partial charge in [0.1, 0.15) is 6.04 Å². The lowest BCUT2D eigenvalue weighted by molar-refractivity contribution is -0.140. The fourth-order valence-electron chi connectivity index (χ4n) is 3.73. The van der Waals surface area contributed by atoms with Crippen molar-refractivity contribution >= 4 is 30.5 Å². The maximum atomic E-state index is 13.3. The van der Waals surface area contributed by atoms with Crippen LogP contribution in [0.4, 0.5) is 4.79 Å². The number of carbonyl (C=O) groups excluding carboxylic acids is 3. The quantitative estimate of drug-likeness (QED) is 0.516.